The third-order valence-corrected chi connectivity index (χ3v) is 5.24. The summed E-state index contributed by atoms with van der Waals surface area (Å²) in [6.45, 7) is 1.03. The molecule has 3 rings (SSSR count). The Morgan fingerprint density at radius 3 is 3.05 bits per heavy atom. The minimum absolute atomic E-state index is 0.0825. The number of rotatable bonds is 6. The van der Waals surface area contributed by atoms with Crippen molar-refractivity contribution >= 4 is 11.8 Å². The average molecular weight is 277 g/mol. The summed E-state index contributed by atoms with van der Waals surface area (Å²) in [6, 6.07) is 7.74. The van der Waals surface area contributed by atoms with Crippen LogP contribution in [-0.2, 0) is 5.75 Å². The second-order valence-electron chi connectivity index (χ2n) is 5.44. The maximum Gasteiger partial charge on any atom is 0.127 e. The topological polar surface area (TPSA) is 12.0 Å². The molecule has 0 amide bonds. The molecule has 3 unspecified atom stereocenters. The van der Waals surface area contributed by atoms with Gasteiger partial charge in [0.25, 0.3) is 0 Å². The Kier molecular flexibility index (Phi) is 4.24. The SMILES string of the molecule is Fc1ccccc1CSCCNC1CC2CC=CC21. The van der Waals surface area contributed by atoms with Gasteiger partial charge in [-0.3, -0.25) is 0 Å². The van der Waals surface area contributed by atoms with E-state index in [-0.39, 0.29) is 5.82 Å². The summed E-state index contributed by atoms with van der Waals surface area (Å²) in [4.78, 5) is 0. The van der Waals surface area contributed by atoms with Crippen LogP contribution in [0.4, 0.5) is 4.39 Å². The molecule has 1 aromatic carbocycles. The number of thioether (sulfide) groups is 1. The highest BCUT2D eigenvalue weighted by Gasteiger charge is 2.40. The van der Waals surface area contributed by atoms with Crippen LogP contribution in [0.5, 0.6) is 0 Å². The summed E-state index contributed by atoms with van der Waals surface area (Å²) < 4.78 is 13.4. The van der Waals surface area contributed by atoms with Gasteiger partial charge < -0.3 is 5.32 Å². The first-order chi connectivity index (χ1) is 9.34. The molecule has 2 aliphatic carbocycles. The summed E-state index contributed by atoms with van der Waals surface area (Å²) in [6.07, 6.45) is 7.31. The number of benzene rings is 1. The van der Waals surface area contributed by atoms with Crippen LogP contribution in [0.15, 0.2) is 36.4 Å². The Balaban J connectivity index is 1.32. The van der Waals surface area contributed by atoms with E-state index in [1.165, 1.54) is 18.9 Å². The zero-order chi connectivity index (χ0) is 13.1. The van der Waals surface area contributed by atoms with Crippen LogP contribution in [0, 0.1) is 17.7 Å². The van der Waals surface area contributed by atoms with Crippen molar-refractivity contribution < 1.29 is 4.39 Å². The van der Waals surface area contributed by atoms with E-state index in [1.54, 1.807) is 17.8 Å². The summed E-state index contributed by atoms with van der Waals surface area (Å²) in [5, 5.41) is 3.63. The Hall–Kier alpha value is -0.800. The molecule has 0 radical (unpaired) electrons. The molecule has 0 aromatic heterocycles. The lowest BCUT2D eigenvalue weighted by Crippen LogP contribution is -2.48. The van der Waals surface area contributed by atoms with Gasteiger partial charge in [-0.05, 0) is 36.3 Å². The van der Waals surface area contributed by atoms with Gasteiger partial charge in [-0.25, -0.2) is 4.39 Å². The first-order valence-electron chi connectivity index (χ1n) is 7.06. The maximum atomic E-state index is 13.4. The van der Waals surface area contributed by atoms with Crippen molar-refractivity contribution in [3.8, 4) is 0 Å². The lowest BCUT2D eigenvalue weighted by atomic mass is 9.71. The molecule has 0 aliphatic heterocycles. The highest BCUT2D eigenvalue weighted by Crippen LogP contribution is 2.42. The van der Waals surface area contributed by atoms with Crippen molar-refractivity contribution in [1.82, 2.24) is 5.32 Å². The van der Waals surface area contributed by atoms with Gasteiger partial charge in [0, 0.05) is 24.1 Å². The van der Waals surface area contributed by atoms with Crippen molar-refractivity contribution in [2.24, 2.45) is 11.8 Å². The molecule has 1 saturated carbocycles. The predicted molar refractivity (Wildman–Crippen MR) is 79.7 cm³/mol. The Labute approximate surface area is 118 Å². The van der Waals surface area contributed by atoms with Crippen molar-refractivity contribution in [3.63, 3.8) is 0 Å². The van der Waals surface area contributed by atoms with Gasteiger partial charge in [0.15, 0.2) is 0 Å². The minimum Gasteiger partial charge on any atom is -0.313 e. The normalized spacial score (nSPS) is 28.2. The van der Waals surface area contributed by atoms with Crippen LogP contribution in [0.2, 0.25) is 0 Å². The van der Waals surface area contributed by atoms with Crippen molar-refractivity contribution in [1.29, 1.82) is 0 Å². The number of halogens is 1. The van der Waals surface area contributed by atoms with E-state index < -0.39 is 0 Å². The van der Waals surface area contributed by atoms with Crippen LogP contribution in [0.1, 0.15) is 18.4 Å². The molecule has 1 N–H and O–H groups in total. The summed E-state index contributed by atoms with van der Waals surface area (Å²) >= 11 is 1.80. The van der Waals surface area contributed by atoms with Crippen LogP contribution in [-0.4, -0.2) is 18.3 Å². The van der Waals surface area contributed by atoms with Gasteiger partial charge in [0.1, 0.15) is 5.82 Å². The highest BCUT2D eigenvalue weighted by molar-refractivity contribution is 7.98. The Bertz CT molecular complexity index is 460. The van der Waals surface area contributed by atoms with Crippen molar-refractivity contribution in [2.75, 3.05) is 12.3 Å². The smallest absolute Gasteiger partial charge is 0.127 e. The molecular weight excluding hydrogens is 257 g/mol. The lowest BCUT2D eigenvalue weighted by Gasteiger charge is -2.40. The zero-order valence-electron chi connectivity index (χ0n) is 11.0. The summed E-state index contributed by atoms with van der Waals surface area (Å²) in [7, 11) is 0. The van der Waals surface area contributed by atoms with E-state index in [4.69, 9.17) is 0 Å². The molecule has 0 heterocycles. The van der Waals surface area contributed by atoms with Gasteiger partial charge >= 0.3 is 0 Å². The largest absolute Gasteiger partial charge is 0.313 e. The fourth-order valence-electron chi connectivity index (χ4n) is 3.06. The first-order valence-corrected chi connectivity index (χ1v) is 8.21. The number of hydrogen-bond acceptors (Lipinski definition) is 2. The molecule has 0 bridgehead atoms. The fourth-order valence-corrected chi connectivity index (χ4v) is 3.92. The minimum atomic E-state index is -0.0825. The molecule has 0 spiro atoms. The molecule has 1 aromatic rings. The molecule has 1 nitrogen and oxygen atoms in total. The average Bonchev–Trinajstić information content (AvgIpc) is 2.77. The second kappa shape index (κ2) is 6.10. The number of nitrogens with one attached hydrogen (secondary N) is 1. The molecule has 0 saturated heterocycles. The molecule has 102 valence electrons. The highest BCUT2D eigenvalue weighted by atomic mass is 32.2. The summed E-state index contributed by atoms with van der Waals surface area (Å²) in [5.41, 5.74) is 0.815. The number of hydrogen-bond donors (Lipinski definition) is 1. The van der Waals surface area contributed by atoms with E-state index in [2.05, 4.69) is 17.5 Å². The van der Waals surface area contributed by atoms with Gasteiger partial charge in [-0.2, -0.15) is 11.8 Å². The number of allylic oxidation sites excluding steroid dienone is 1. The third-order valence-electron chi connectivity index (χ3n) is 4.23. The molecular formula is C16H20FNS. The Morgan fingerprint density at radius 2 is 2.21 bits per heavy atom. The molecule has 3 heteroatoms. The monoisotopic (exact) mass is 277 g/mol. The molecule has 2 aliphatic rings. The van der Waals surface area contributed by atoms with E-state index in [9.17, 15) is 4.39 Å². The maximum absolute atomic E-state index is 13.4. The van der Waals surface area contributed by atoms with Crippen molar-refractivity contribution in [2.45, 2.75) is 24.6 Å². The molecule has 19 heavy (non-hydrogen) atoms. The number of fused-ring (bicyclic) bond motifs is 1. The van der Waals surface area contributed by atoms with Gasteiger partial charge in [-0.15, -0.1) is 0 Å². The van der Waals surface area contributed by atoms with E-state index in [0.29, 0.717) is 6.04 Å². The van der Waals surface area contributed by atoms with Crippen molar-refractivity contribution in [3.05, 3.63) is 47.8 Å². The second-order valence-corrected chi connectivity index (χ2v) is 6.55. The lowest BCUT2D eigenvalue weighted by molar-refractivity contribution is 0.166. The van der Waals surface area contributed by atoms with Crippen LogP contribution >= 0.6 is 11.8 Å². The van der Waals surface area contributed by atoms with Gasteiger partial charge in [-0.1, -0.05) is 30.4 Å². The fraction of sp³-hybridized carbons (Fsp3) is 0.500. The predicted octanol–water partition coefficient (Wildman–Crippen LogP) is 3.61. The van der Waals surface area contributed by atoms with Gasteiger partial charge in [0.05, 0.1) is 0 Å². The quantitative estimate of drug-likeness (QED) is 0.629. The van der Waals surface area contributed by atoms with Crippen LogP contribution in [0.25, 0.3) is 0 Å². The van der Waals surface area contributed by atoms with E-state index in [1.807, 2.05) is 12.1 Å². The van der Waals surface area contributed by atoms with Gasteiger partial charge in [0.2, 0.25) is 0 Å². The Morgan fingerprint density at radius 1 is 1.32 bits per heavy atom. The van der Waals surface area contributed by atoms with E-state index in [0.717, 1.165) is 35.4 Å². The standard InChI is InChI=1S/C16H20FNS/c17-15-7-2-1-4-13(15)11-19-9-8-18-16-10-12-5-3-6-14(12)16/h1-4,6-7,12,14,16,18H,5,8-11H2. The molecule has 3 atom stereocenters. The van der Waals surface area contributed by atoms with Crippen LogP contribution in [0.3, 0.4) is 0 Å². The first kappa shape index (κ1) is 13.2. The van der Waals surface area contributed by atoms with Crippen LogP contribution < -0.4 is 5.32 Å². The zero-order valence-corrected chi connectivity index (χ0v) is 11.8. The van der Waals surface area contributed by atoms with E-state index >= 15 is 0 Å². The summed E-state index contributed by atoms with van der Waals surface area (Å²) in [5.74, 6) is 3.44. The molecule has 1 fully saturated rings. The third kappa shape index (κ3) is 3.03.